The van der Waals surface area contributed by atoms with Crippen LogP contribution in [0.1, 0.15) is 40.7 Å². The third kappa shape index (κ3) is 2.76. The van der Waals surface area contributed by atoms with Gasteiger partial charge in [0.05, 0.1) is 0 Å². The summed E-state index contributed by atoms with van der Waals surface area (Å²) in [7, 11) is 0. The lowest BCUT2D eigenvalue weighted by Gasteiger charge is -2.16. The second kappa shape index (κ2) is 5.31. The van der Waals surface area contributed by atoms with Crippen LogP contribution in [-0.4, -0.2) is 22.9 Å². The van der Waals surface area contributed by atoms with E-state index in [4.69, 9.17) is 10.8 Å². The summed E-state index contributed by atoms with van der Waals surface area (Å²) in [4.78, 5) is 22.5. The number of hydrogen-bond donors (Lipinski definition) is 2. The highest BCUT2D eigenvalue weighted by atomic mass is 16.4. The molecule has 0 fully saturated rings. The van der Waals surface area contributed by atoms with Crippen LogP contribution in [0, 0.1) is 0 Å². The van der Waals surface area contributed by atoms with Gasteiger partial charge in [0.25, 0.3) is 0 Å². The van der Waals surface area contributed by atoms with Crippen molar-refractivity contribution >= 4 is 11.8 Å². The van der Waals surface area contributed by atoms with Crippen molar-refractivity contribution in [3.05, 3.63) is 34.9 Å². The maximum absolute atomic E-state index is 11.9. The highest BCUT2D eigenvalue weighted by molar-refractivity contribution is 5.98. The molecule has 1 aliphatic rings. The van der Waals surface area contributed by atoms with E-state index in [0.717, 1.165) is 19.3 Å². The number of carboxylic acid groups (broad SMARTS) is 1. The number of aliphatic carboxylic acids is 1. The van der Waals surface area contributed by atoms with E-state index in [-0.39, 0.29) is 12.2 Å². The minimum atomic E-state index is -1.14. The number of Topliss-reactive ketones (excluding diaryl/α,β-unsaturated/α-hetero) is 1. The molecule has 2 rings (SSSR count). The summed E-state index contributed by atoms with van der Waals surface area (Å²) in [6.45, 7) is 0. The van der Waals surface area contributed by atoms with Crippen molar-refractivity contribution in [2.45, 2.75) is 38.1 Å². The lowest BCUT2D eigenvalue weighted by Crippen LogP contribution is -2.32. The molecule has 4 nitrogen and oxygen atoms in total. The van der Waals surface area contributed by atoms with E-state index >= 15 is 0 Å². The van der Waals surface area contributed by atoms with Crippen LogP contribution in [0.2, 0.25) is 0 Å². The van der Waals surface area contributed by atoms with E-state index in [2.05, 4.69) is 0 Å². The Hall–Kier alpha value is -1.68. The zero-order valence-corrected chi connectivity index (χ0v) is 10.2. The molecule has 0 aromatic heterocycles. The average molecular weight is 247 g/mol. The van der Waals surface area contributed by atoms with Crippen LogP contribution in [0.15, 0.2) is 18.2 Å². The number of rotatable bonds is 4. The lowest BCUT2D eigenvalue weighted by molar-refractivity contribution is -0.138. The van der Waals surface area contributed by atoms with Gasteiger partial charge in [0.2, 0.25) is 0 Å². The van der Waals surface area contributed by atoms with Gasteiger partial charge >= 0.3 is 5.97 Å². The molecule has 0 saturated carbocycles. The van der Waals surface area contributed by atoms with Crippen LogP contribution in [-0.2, 0) is 17.6 Å². The van der Waals surface area contributed by atoms with E-state index in [1.165, 1.54) is 17.5 Å². The van der Waals surface area contributed by atoms with Crippen LogP contribution in [0.4, 0.5) is 0 Å². The van der Waals surface area contributed by atoms with Crippen molar-refractivity contribution in [3.8, 4) is 0 Å². The number of nitrogens with two attached hydrogens (primary N) is 1. The molecule has 1 unspecified atom stereocenters. The third-order valence-corrected chi connectivity index (χ3v) is 3.39. The first kappa shape index (κ1) is 12.8. The Kier molecular flexibility index (Phi) is 3.77. The van der Waals surface area contributed by atoms with Crippen LogP contribution in [0.5, 0.6) is 0 Å². The molecule has 0 bridgehead atoms. The Morgan fingerprint density at radius 2 is 1.89 bits per heavy atom. The summed E-state index contributed by atoms with van der Waals surface area (Å²) in [5.41, 5.74) is 8.47. The van der Waals surface area contributed by atoms with Crippen molar-refractivity contribution in [2.75, 3.05) is 0 Å². The Balaban J connectivity index is 2.13. The minimum Gasteiger partial charge on any atom is -0.480 e. The van der Waals surface area contributed by atoms with E-state index in [9.17, 15) is 9.59 Å². The van der Waals surface area contributed by atoms with Crippen LogP contribution in [0.25, 0.3) is 0 Å². The monoisotopic (exact) mass is 247 g/mol. The zero-order valence-electron chi connectivity index (χ0n) is 10.2. The number of ketones is 1. The summed E-state index contributed by atoms with van der Waals surface area (Å²) in [6, 6.07) is 4.54. The predicted octanol–water partition coefficient (Wildman–Crippen LogP) is 1.55. The number of fused-ring (bicyclic) bond motifs is 1. The number of carbonyl (C=O) groups is 2. The van der Waals surface area contributed by atoms with Crippen molar-refractivity contribution in [1.29, 1.82) is 0 Å². The van der Waals surface area contributed by atoms with Crippen molar-refractivity contribution < 1.29 is 14.7 Å². The summed E-state index contributed by atoms with van der Waals surface area (Å²) in [5, 5.41) is 8.69. The minimum absolute atomic E-state index is 0.145. The molecule has 4 heteroatoms. The summed E-state index contributed by atoms with van der Waals surface area (Å²) in [6.07, 6.45) is 4.28. The highest BCUT2D eigenvalue weighted by Crippen LogP contribution is 2.22. The summed E-state index contributed by atoms with van der Waals surface area (Å²) < 4.78 is 0. The first-order valence-corrected chi connectivity index (χ1v) is 6.21. The maximum Gasteiger partial charge on any atom is 0.320 e. The molecule has 0 saturated heterocycles. The third-order valence-electron chi connectivity index (χ3n) is 3.39. The number of carboxylic acids is 1. The largest absolute Gasteiger partial charge is 0.480 e. The average Bonchev–Trinajstić information content (AvgIpc) is 2.37. The van der Waals surface area contributed by atoms with E-state index in [0.29, 0.717) is 5.56 Å². The fourth-order valence-corrected chi connectivity index (χ4v) is 2.31. The fourth-order valence-electron chi connectivity index (χ4n) is 2.31. The second-order valence-electron chi connectivity index (χ2n) is 4.76. The molecule has 1 aromatic rings. The molecule has 0 spiro atoms. The smallest absolute Gasteiger partial charge is 0.320 e. The molecule has 0 heterocycles. The van der Waals surface area contributed by atoms with Gasteiger partial charge in [-0.25, -0.2) is 0 Å². The van der Waals surface area contributed by atoms with Crippen LogP contribution >= 0.6 is 0 Å². The van der Waals surface area contributed by atoms with Gasteiger partial charge in [-0.3, -0.25) is 9.59 Å². The van der Waals surface area contributed by atoms with Crippen molar-refractivity contribution in [1.82, 2.24) is 0 Å². The van der Waals surface area contributed by atoms with E-state index < -0.39 is 12.0 Å². The summed E-state index contributed by atoms with van der Waals surface area (Å²) in [5.74, 6) is -1.33. The molecular weight excluding hydrogens is 230 g/mol. The van der Waals surface area contributed by atoms with Crippen molar-refractivity contribution in [2.24, 2.45) is 5.73 Å². The molecule has 0 amide bonds. The molecule has 0 aliphatic heterocycles. The number of hydrogen-bond acceptors (Lipinski definition) is 3. The Morgan fingerprint density at radius 1 is 1.22 bits per heavy atom. The molecule has 18 heavy (non-hydrogen) atoms. The lowest BCUT2D eigenvalue weighted by atomic mass is 9.89. The Labute approximate surface area is 106 Å². The topological polar surface area (TPSA) is 80.4 Å². The Bertz CT molecular complexity index is 482. The maximum atomic E-state index is 11.9. The highest BCUT2D eigenvalue weighted by Gasteiger charge is 2.18. The first-order valence-electron chi connectivity index (χ1n) is 6.21. The van der Waals surface area contributed by atoms with E-state index in [1.807, 2.05) is 12.1 Å². The summed E-state index contributed by atoms with van der Waals surface area (Å²) >= 11 is 0. The quantitative estimate of drug-likeness (QED) is 0.791. The number of aryl methyl sites for hydroxylation is 2. The van der Waals surface area contributed by atoms with Gasteiger partial charge in [-0.15, -0.1) is 0 Å². The zero-order chi connectivity index (χ0) is 13.1. The second-order valence-corrected chi connectivity index (χ2v) is 4.76. The molecule has 96 valence electrons. The first-order chi connectivity index (χ1) is 8.58. The van der Waals surface area contributed by atoms with Gasteiger partial charge in [-0.05, 0) is 42.9 Å². The fraction of sp³-hybridized carbons (Fsp3) is 0.429. The molecular formula is C14H17NO3. The van der Waals surface area contributed by atoms with Gasteiger partial charge < -0.3 is 10.8 Å². The molecule has 0 radical (unpaired) electrons. The molecule has 1 aliphatic carbocycles. The van der Waals surface area contributed by atoms with E-state index in [1.54, 1.807) is 6.07 Å². The van der Waals surface area contributed by atoms with Gasteiger partial charge in [-0.1, -0.05) is 12.1 Å². The van der Waals surface area contributed by atoms with Gasteiger partial charge in [-0.2, -0.15) is 0 Å². The van der Waals surface area contributed by atoms with Gasteiger partial charge in [0.15, 0.2) is 5.78 Å². The van der Waals surface area contributed by atoms with Gasteiger partial charge in [0.1, 0.15) is 6.04 Å². The number of benzene rings is 1. The SMILES string of the molecule is NC(CC(=O)c1ccc2c(c1)CCCC2)C(=O)O. The molecule has 1 aromatic carbocycles. The van der Waals surface area contributed by atoms with Gasteiger partial charge in [0, 0.05) is 12.0 Å². The predicted molar refractivity (Wildman–Crippen MR) is 67.6 cm³/mol. The van der Waals surface area contributed by atoms with Crippen molar-refractivity contribution in [3.63, 3.8) is 0 Å². The number of carbonyl (C=O) groups excluding carboxylic acids is 1. The Morgan fingerprint density at radius 3 is 2.56 bits per heavy atom. The standard InChI is InChI=1S/C14H17NO3/c15-12(14(17)18)8-13(16)11-6-5-9-3-1-2-4-10(9)7-11/h5-7,12H,1-4,8,15H2,(H,17,18). The van der Waals surface area contributed by atoms with Crippen LogP contribution in [0.3, 0.4) is 0 Å². The normalized spacial score (nSPS) is 15.8. The molecule has 3 N–H and O–H groups in total. The molecule has 1 atom stereocenters. The van der Waals surface area contributed by atoms with Crippen LogP contribution < -0.4 is 5.73 Å².